The van der Waals surface area contributed by atoms with Crippen molar-refractivity contribution >= 4 is 34.2 Å². The van der Waals surface area contributed by atoms with Crippen LogP contribution in [0.15, 0.2) is 36.4 Å². The zero-order valence-electron chi connectivity index (χ0n) is 23.7. The number of carbonyl (C=O) groups is 1. The number of nitrogens with zero attached hydrogens (tertiary/aromatic N) is 3. The number of likely N-dealkylation sites (tertiary alicyclic amines) is 1. The monoisotopic (exact) mass is 563 g/mol. The van der Waals surface area contributed by atoms with E-state index in [2.05, 4.69) is 32.6 Å². The predicted octanol–water partition coefficient (Wildman–Crippen LogP) is 7.28. The number of piperidine rings is 1. The second kappa shape index (κ2) is 12.1. The Labute approximate surface area is 242 Å². The first-order chi connectivity index (χ1) is 19.5. The molecule has 3 aromatic rings. The summed E-state index contributed by atoms with van der Waals surface area (Å²) >= 11 is 6.64. The van der Waals surface area contributed by atoms with Gasteiger partial charge in [0.15, 0.2) is 0 Å². The summed E-state index contributed by atoms with van der Waals surface area (Å²) in [6.07, 6.45) is 9.89. The number of halogens is 1. The summed E-state index contributed by atoms with van der Waals surface area (Å²) in [5.74, 6) is 0.341. The predicted molar refractivity (Wildman–Crippen MR) is 163 cm³/mol. The van der Waals surface area contributed by atoms with Gasteiger partial charge in [0.05, 0.1) is 11.3 Å². The number of benzene rings is 2. The smallest absolute Gasteiger partial charge is 0.335 e. The lowest BCUT2D eigenvalue weighted by Crippen LogP contribution is -2.41. The number of rotatable bonds is 8. The second-order valence-electron chi connectivity index (χ2n) is 12.0. The average molecular weight is 564 g/mol. The van der Waals surface area contributed by atoms with E-state index in [0.717, 1.165) is 62.8 Å². The zero-order chi connectivity index (χ0) is 27.6. The van der Waals surface area contributed by atoms with Crippen LogP contribution in [0.25, 0.3) is 22.2 Å². The first kappa shape index (κ1) is 27.6. The van der Waals surface area contributed by atoms with Gasteiger partial charge in [0, 0.05) is 73.6 Å². The van der Waals surface area contributed by atoms with Crippen LogP contribution in [0.1, 0.15) is 73.2 Å². The highest BCUT2D eigenvalue weighted by atomic mass is 35.5. The molecule has 2 fully saturated rings. The molecule has 7 heteroatoms. The molecule has 2 aromatic carbocycles. The summed E-state index contributed by atoms with van der Waals surface area (Å²) in [7, 11) is 1.80. The Kier molecular flexibility index (Phi) is 8.38. The summed E-state index contributed by atoms with van der Waals surface area (Å²) in [6.45, 7) is 6.82. The number of aromatic carboxylic acids is 1. The standard InChI is InChI=1S/C33H42ClN3O3/c1-40-19-13-23-6-5-14-35(22-23)15-16-36-17-18-37-30-20-25(33(38)39)9-11-27(30)31(24-7-3-2-4-8-24)32(37)28-12-10-26(34)21-29(28)36/h9-12,20-21,23-24H,2-8,13-19,22H2,1H3,(H,38,39). The fraction of sp³-hybridized carbons (Fsp3) is 0.545. The van der Waals surface area contributed by atoms with Crippen LogP contribution in [0.3, 0.4) is 0 Å². The van der Waals surface area contributed by atoms with Gasteiger partial charge in [0.25, 0.3) is 0 Å². The molecule has 1 saturated carbocycles. The lowest BCUT2D eigenvalue weighted by atomic mass is 9.81. The van der Waals surface area contributed by atoms with E-state index < -0.39 is 5.97 Å². The Hall–Kier alpha value is -2.54. The van der Waals surface area contributed by atoms with Crippen molar-refractivity contribution in [3.05, 3.63) is 52.5 Å². The number of anilines is 1. The van der Waals surface area contributed by atoms with Crippen LogP contribution in [0, 0.1) is 5.92 Å². The summed E-state index contributed by atoms with van der Waals surface area (Å²) < 4.78 is 7.77. The Morgan fingerprint density at radius 2 is 1.85 bits per heavy atom. The van der Waals surface area contributed by atoms with E-state index in [9.17, 15) is 9.90 Å². The summed E-state index contributed by atoms with van der Waals surface area (Å²) in [5.41, 5.74) is 6.53. The third kappa shape index (κ3) is 5.50. The van der Waals surface area contributed by atoms with Crippen molar-refractivity contribution in [2.24, 2.45) is 5.92 Å². The molecule has 6 rings (SSSR count). The molecule has 214 valence electrons. The van der Waals surface area contributed by atoms with E-state index in [-0.39, 0.29) is 0 Å². The van der Waals surface area contributed by atoms with E-state index >= 15 is 0 Å². The second-order valence-corrected chi connectivity index (χ2v) is 12.5. The van der Waals surface area contributed by atoms with Gasteiger partial charge in [0.2, 0.25) is 0 Å². The number of aromatic nitrogens is 1. The molecular weight excluding hydrogens is 522 g/mol. The molecule has 0 bridgehead atoms. The SMILES string of the molecule is COCCC1CCCN(CCN2CCn3c(c(C4CCCCC4)c4ccc(C(=O)O)cc43)-c3ccc(Cl)cc32)C1. The number of carboxylic acids is 1. The van der Waals surface area contributed by atoms with E-state index in [1.165, 1.54) is 72.8 Å². The normalized spacial score (nSPS) is 20.4. The minimum Gasteiger partial charge on any atom is -0.478 e. The van der Waals surface area contributed by atoms with Gasteiger partial charge in [-0.25, -0.2) is 4.79 Å². The van der Waals surface area contributed by atoms with E-state index in [1.54, 1.807) is 13.2 Å². The Morgan fingerprint density at radius 1 is 1.00 bits per heavy atom. The van der Waals surface area contributed by atoms with Crippen molar-refractivity contribution in [2.45, 2.75) is 63.8 Å². The van der Waals surface area contributed by atoms with Gasteiger partial charge in [-0.15, -0.1) is 0 Å². The maximum absolute atomic E-state index is 12.0. The van der Waals surface area contributed by atoms with E-state index in [4.69, 9.17) is 16.3 Å². The molecule has 1 saturated heterocycles. The van der Waals surface area contributed by atoms with Gasteiger partial charge in [0.1, 0.15) is 0 Å². The maximum Gasteiger partial charge on any atom is 0.335 e. The van der Waals surface area contributed by atoms with Crippen LogP contribution in [-0.4, -0.2) is 67.0 Å². The number of methoxy groups -OCH3 is 1. The molecule has 6 nitrogen and oxygen atoms in total. The number of hydrogen-bond donors (Lipinski definition) is 1. The molecule has 1 atom stereocenters. The maximum atomic E-state index is 12.0. The van der Waals surface area contributed by atoms with E-state index in [1.807, 2.05) is 12.1 Å². The van der Waals surface area contributed by atoms with Crippen molar-refractivity contribution in [1.82, 2.24) is 9.47 Å². The van der Waals surface area contributed by atoms with Crippen LogP contribution in [-0.2, 0) is 11.3 Å². The van der Waals surface area contributed by atoms with Gasteiger partial charge in [-0.3, -0.25) is 0 Å². The number of carboxylic acid groups (broad SMARTS) is 1. The molecule has 2 aliphatic heterocycles. The summed E-state index contributed by atoms with van der Waals surface area (Å²) in [6, 6.07) is 12.1. The van der Waals surface area contributed by atoms with E-state index in [0.29, 0.717) is 17.4 Å². The number of ether oxygens (including phenoxy) is 1. The Bertz CT molecular complexity index is 1360. The van der Waals surface area contributed by atoms with Gasteiger partial charge in [-0.05, 0) is 86.4 Å². The first-order valence-electron chi connectivity index (χ1n) is 15.2. The third-order valence-electron chi connectivity index (χ3n) is 9.53. The highest BCUT2D eigenvalue weighted by molar-refractivity contribution is 6.31. The average Bonchev–Trinajstić information content (AvgIpc) is 3.21. The number of hydrogen-bond acceptors (Lipinski definition) is 4. The molecule has 1 unspecified atom stereocenters. The molecule has 3 heterocycles. The zero-order valence-corrected chi connectivity index (χ0v) is 24.5. The molecule has 1 N–H and O–H groups in total. The van der Waals surface area contributed by atoms with Gasteiger partial charge in [-0.2, -0.15) is 0 Å². The fourth-order valence-corrected chi connectivity index (χ4v) is 7.68. The lowest BCUT2D eigenvalue weighted by molar-refractivity contribution is 0.0697. The fourth-order valence-electron chi connectivity index (χ4n) is 7.51. The minimum atomic E-state index is -0.871. The molecule has 3 aliphatic rings. The van der Waals surface area contributed by atoms with Gasteiger partial charge in [-0.1, -0.05) is 36.9 Å². The van der Waals surface area contributed by atoms with Crippen LogP contribution >= 0.6 is 11.6 Å². The van der Waals surface area contributed by atoms with Crippen LogP contribution < -0.4 is 4.90 Å². The van der Waals surface area contributed by atoms with Crippen LogP contribution in [0.4, 0.5) is 5.69 Å². The van der Waals surface area contributed by atoms with Crippen LogP contribution in [0.5, 0.6) is 0 Å². The molecule has 0 spiro atoms. The minimum absolute atomic E-state index is 0.355. The lowest BCUT2D eigenvalue weighted by Gasteiger charge is -2.35. The summed E-state index contributed by atoms with van der Waals surface area (Å²) in [5, 5.41) is 11.8. The van der Waals surface area contributed by atoms with Crippen molar-refractivity contribution in [2.75, 3.05) is 51.3 Å². The molecule has 1 aliphatic carbocycles. The van der Waals surface area contributed by atoms with Gasteiger partial charge < -0.3 is 24.2 Å². The Morgan fingerprint density at radius 3 is 2.65 bits per heavy atom. The van der Waals surface area contributed by atoms with Crippen molar-refractivity contribution in [3.63, 3.8) is 0 Å². The van der Waals surface area contributed by atoms with Crippen molar-refractivity contribution in [3.8, 4) is 11.3 Å². The molecule has 40 heavy (non-hydrogen) atoms. The van der Waals surface area contributed by atoms with Crippen LogP contribution in [0.2, 0.25) is 5.02 Å². The molecule has 1 aromatic heterocycles. The summed E-state index contributed by atoms with van der Waals surface area (Å²) in [4.78, 5) is 17.1. The first-order valence-corrected chi connectivity index (χ1v) is 15.6. The topological polar surface area (TPSA) is 57.9 Å². The third-order valence-corrected chi connectivity index (χ3v) is 9.77. The largest absolute Gasteiger partial charge is 0.478 e. The van der Waals surface area contributed by atoms with Crippen molar-refractivity contribution in [1.29, 1.82) is 0 Å². The molecular formula is C33H42ClN3O3. The Balaban J connectivity index is 1.37. The molecule has 0 radical (unpaired) electrons. The quantitative estimate of drug-likeness (QED) is 0.312. The van der Waals surface area contributed by atoms with Gasteiger partial charge >= 0.3 is 5.97 Å². The highest BCUT2D eigenvalue weighted by Crippen LogP contribution is 2.48. The van der Waals surface area contributed by atoms with Crippen molar-refractivity contribution < 1.29 is 14.6 Å². The highest BCUT2D eigenvalue weighted by Gasteiger charge is 2.31. The molecule has 0 amide bonds. The number of fused-ring (bicyclic) bond motifs is 5.